The largest absolute Gasteiger partial charge is 0.390 e. The highest BCUT2D eigenvalue weighted by Crippen LogP contribution is 2.21. The zero-order chi connectivity index (χ0) is 8.43. The number of aliphatic hydroxyl groups excluding tert-OH is 3. The summed E-state index contributed by atoms with van der Waals surface area (Å²) in [5, 5.41) is 27.5. The van der Waals surface area contributed by atoms with Crippen LogP contribution in [0, 0.1) is 0 Å². The van der Waals surface area contributed by atoms with Crippen LogP contribution in [0.15, 0.2) is 11.6 Å². The van der Waals surface area contributed by atoms with Crippen LogP contribution < -0.4 is 0 Å². The molecule has 0 spiro atoms. The molecule has 3 N–H and O–H groups in total. The van der Waals surface area contributed by atoms with Crippen molar-refractivity contribution < 1.29 is 15.3 Å². The van der Waals surface area contributed by atoms with E-state index in [4.69, 9.17) is 10.2 Å². The lowest BCUT2D eigenvalue weighted by Gasteiger charge is -2.27. The molecule has 3 atom stereocenters. The first kappa shape index (κ1) is 8.71. The van der Waals surface area contributed by atoms with Crippen molar-refractivity contribution in [2.75, 3.05) is 0 Å². The normalized spacial score (nSPS) is 38.5. The smallest absolute Gasteiger partial charge is 0.110 e. The molecule has 1 aliphatic rings. The van der Waals surface area contributed by atoms with Gasteiger partial charge in [-0.15, -0.1) is 0 Å². The Bertz CT molecular complexity index is 165. The Kier molecular flexibility index (Phi) is 2.65. The van der Waals surface area contributed by atoms with Crippen LogP contribution in [-0.2, 0) is 0 Å². The van der Waals surface area contributed by atoms with Crippen molar-refractivity contribution in [1.29, 1.82) is 0 Å². The second kappa shape index (κ2) is 3.34. The van der Waals surface area contributed by atoms with Crippen molar-refractivity contribution in [2.45, 2.75) is 38.1 Å². The number of hydrogen-bond acceptors (Lipinski definition) is 3. The summed E-state index contributed by atoms with van der Waals surface area (Å²) in [5.74, 6) is 0. The van der Waals surface area contributed by atoms with Gasteiger partial charge >= 0.3 is 0 Å². The molecule has 0 saturated carbocycles. The van der Waals surface area contributed by atoms with Gasteiger partial charge in [-0.1, -0.05) is 18.6 Å². The summed E-state index contributed by atoms with van der Waals surface area (Å²) in [6.45, 7) is 1.96. The minimum absolute atomic E-state index is 0.481. The highest BCUT2D eigenvalue weighted by atomic mass is 16.4. The molecular weight excluding hydrogens is 144 g/mol. The molecule has 0 aromatic carbocycles. The summed E-state index contributed by atoms with van der Waals surface area (Å²) >= 11 is 0. The van der Waals surface area contributed by atoms with Crippen LogP contribution in [-0.4, -0.2) is 33.6 Å². The van der Waals surface area contributed by atoms with Gasteiger partial charge in [0, 0.05) is 0 Å². The molecular formula is C8H14O3. The van der Waals surface area contributed by atoms with E-state index in [1.807, 2.05) is 6.92 Å². The molecule has 11 heavy (non-hydrogen) atoms. The number of aliphatic hydroxyl groups is 3. The number of hydrogen-bond donors (Lipinski definition) is 3. The molecule has 3 heteroatoms. The average Bonchev–Trinajstić information content (AvgIpc) is 1.99. The summed E-state index contributed by atoms with van der Waals surface area (Å²) in [7, 11) is 0. The van der Waals surface area contributed by atoms with E-state index in [0.717, 1.165) is 12.0 Å². The van der Waals surface area contributed by atoms with Gasteiger partial charge in [0.1, 0.15) is 12.2 Å². The minimum atomic E-state index is -1.01. The van der Waals surface area contributed by atoms with Gasteiger partial charge in [-0.3, -0.25) is 0 Å². The fourth-order valence-corrected chi connectivity index (χ4v) is 1.29. The Labute approximate surface area is 66.0 Å². The van der Waals surface area contributed by atoms with Crippen molar-refractivity contribution in [3.8, 4) is 0 Å². The molecule has 0 aliphatic heterocycles. The molecule has 0 saturated heterocycles. The summed E-state index contributed by atoms with van der Waals surface area (Å²) < 4.78 is 0. The molecule has 0 fully saturated rings. The summed E-state index contributed by atoms with van der Waals surface area (Å²) in [5.41, 5.74) is 1.01. The van der Waals surface area contributed by atoms with Crippen LogP contribution in [0.1, 0.15) is 19.8 Å². The van der Waals surface area contributed by atoms with Crippen LogP contribution in [0.3, 0.4) is 0 Å². The first-order chi connectivity index (χ1) is 5.15. The Morgan fingerprint density at radius 1 is 1.45 bits per heavy atom. The lowest BCUT2D eigenvalue weighted by Crippen LogP contribution is -2.39. The Hall–Kier alpha value is -0.380. The maximum atomic E-state index is 9.20. The highest BCUT2D eigenvalue weighted by molar-refractivity contribution is 5.13. The molecule has 0 unspecified atom stereocenters. The van der Waals surface area contributed by atoms with Crippen LogP contribution in [0.2, 0.25) is 0 Å². The Morgan fingerprint density at radius 3 is 2.55 bits per heavy atom. The van der Waals surface area contributed by atoms with Crippen molar-refractivity contribution in [2.24, 2.45) is 0 Å². The van der Waals surface area contributed by atoms with Crippen molar-refractivity contribution >= 4 is 0 Å². The number of rotatable bonds is 1. The topological polar surface area (TPSA) is 60.7 Å². The van der Waals surface area contributed by atoms with E-state index in [2.05, 4.69) is 0 Å². The quantitative estimate of drug-likeness (QED) is 0.463. The van der Waals surface area contributed by atoms with E-state index >= 15 is 0 Å². The minimum Gasteiger partial charge on any atom is -0.390 e. The van der Waals surface area contributed by atoms with Gasteiger partial charge in [0.25, 0.3) is 0 Å². The predicted octanol–water partition coefficient (Wildman–Crippen LogP) is -0.191. The second-order valence-electron chi connectivity index (χ2n) is 2.93. The molecule has 0 radical (unpaired) electrons. The maximum Gasteiger partial charge on any atom is 0.110 e. The molecule has 0 amide bonds. The zero-order valence-electron chi connectivity index (χ0n) is 6.57. The third kappa shape index (κ3) is 1.80. The van der Waals surface area contributed by atoms with Gasteiger partial charge in [0.2, 0.25) is 0 Å². The molecule has 3 nitrogen and oxygen atoms in total. The fourth-order valence-electron chi connectivity index (χ4n) is 1.29. The first-order valence-electron chi connectivity index (χ1n) is 3.89. The maximum absolute atomic E-state index is 9.20. The van der Waals surface area contributed by atoms with Crippen molar-refractivity contribution in [1.82, 2.24) is 0 Å². The van der Waals surface area contributed by atoms with Crippen molar-refractivity contribution in [3.63, 3.8) is 0 Å². The lowest BCUT2D eigenvalue weighted by molar-refractivity contribution is -0.0478. The van der Waals surface area contributed by atoms with Gasteiger partial charge in [0.15, 0.2) is 0 Å². The predicted molar refractivity (Wildman–Crippen MR) is 41.0 cm³/mol. The lowest BCUT2D eigenvalue weighted by atomic mass is 9.91. The Morgan fingerprint density at radius 2 is 2.09 bits per heavy atom. The molecule has 64 valence electrons. The third-order valence-electron chi connectivity index (χ3n) is 2.08. The monoisotopic (exact) mass is 158 g/mol. The van der Waals surface area contributed by atoms with Gasteiger partial charge in [-0.05, 0) is 12.8 Å². The Balaban J connectivity index is 2.68. The fraction of sp³-hybridized carbons (Fsp3) is 0.750. The van der Waals surface area contributed by atoms with Gasteiger partial charge in [-0.25, -0.2) is 0 Å². The zero-order valence-corrected chi connectivity index (χ0v) is 6.57. The van der Waals surface area contributed by atoms with Gasteiger partial charge in [0.05, 0.1) is 6.10 Å². The molecule has 1 aliphatic carbocycles. The summed E-state index contributed by atoms with van der Waals surface area (Å²) in [6, 6.07) is 0. The highest BCUT2D eigenvalue weighted by Gasteiger charge is 2.27. The molecule has 0 aromatic rings. The third-order valence-corrected chi connectivity index (χ3v) is 2.08. The van der Waals surface area contributed by atoms with E-state index < -0.39 is 18.3 Å². The van der Waals surface area contributed by atoms with Crippen molar-refractivity contribution in [3.05, 3.63) is 11.6 Å². The van der Waals surface area contributed by atoms with E-state index in [0.29, 0.717) is 6.42 Å². The van der Waals surface area contributed by atoms with Crippen LogP contribution in [0.4, 0.5) is 0 Å². The van der Waals surface area contributed by atoms with Crippen LogP contribution >= 0.6 is 0 Å². The standard InChI is InChI=1S/C8H14O3/c1-2-5-3-6(9)8(11)7(10)4-5/h3,6-11H,2,4H2,1H3/t6-,7-,8-/m1/s1. The van der Waals surface area contributed by atoms with Crippen LogP contribution in [0.5, 0.6) is 0 Å². The molecule has 1 rings (SSSR count). The van der Waals surface area contributed by atoms with E-state index in [1.165, 1.54) is 0 Å². The SMILES string of the molecule is CCC1=C[C@@H](O)[C@@H](O)[C@H](O)C1. The summed E-state index contributed by atoms with van der Waals surface area (Å²) in [4.78, 5) is 0. The summed E-state index contributed by atoms with van der Waals surface area (Å²) in [6.07, 6.45) is 0.219. The molecule has 0 bridgehead atoms. The first-order valence-corrected chi connectivity index (χ1v) is 3.89. The second-order valence-corrected chi connectivity index (χ2v) is 2.93. The average molecular weight is 158 g/mol. The van der Waals surface area contributed by atoms with E-state index in [9.17, 15) is 5.11 Å². The molecule has 0 aromatic heterocycles. The van der Waals surface area contributed by atoms with Crippen LogP contribution in [0.25, 0.3) is 0 Å². The van der Waals surface area contributed by atoms with Gasteiger partial charge < -0.3 is 15.3 Å². The van der Waals surface area contributed by atoms with Gasteiger partial charge in [-0.2, -0.15) is 0 Å². The van der Waals surface area contributed by atoms with E-state index in [1.54, 1.807) is 6.08 Å². The van der Waals surface area contributed by atoms with E-state index in [-0.39, 0.29) is 0 Å². The molecule has 0 heterocycles.